The Morgan fingerprint density at radius 1 is 0.912 bits per heavy atom. The van der Waals surface area contributed by atoms with Crippen LogP contribution in [-0.2, 0) is 11.8 Å². The van der Waals surface area contributed by atoms with Gasteiger partial charge in [-0.1, -0.05) is 48.0 Å². The minimum atomic E-state index is -0.736. The van der Waals surface area contributed by atoms with Gasteiger partial charge in [0.15, 0.2) is 11.5 Å². The van der Waals surface area contributed by atoms with Crippen LogP contribution in [0.2, 0.25) is 5.02 Å². The molecule has 0 saturated heterocycles. The normalized spacial score (nSPS) is 13.0. The summed E-state index contributed by atoms with van der Waals surface area (Å²) in [5.74, 6) is 1.61. The second-order valence-electron chi connectivity index (χ2n) is 8.61. The summed E-state index contributed by atoms with van der Waals surface area (Å²) in [4.78, 5) is 2.28. The number of phenolic OH excluding ortho intramolecular Hbond substituents is 1. The summed E-state index contributed by atoms with van der Waals surface area (Å²) < 4.78 is 10.7. The second kappa shape index (κ2) is 12.1. The van der Waals surface area contributed by atoms with Crippen LogP contribution in [0.4, 0.5) is 0 Å². The first-order valence-electron chi connectivity index (χ1n) is 11.5. The predicted octanol–water partition coefficient (Wildman–Crippen LogP) is 5.30. The highest BCUT2D eigenvalue weighted by atomic mass is 35.5. The first kappa shape index (κ1) is 25.9. The Kier molecular flexibility index (Phi) is 9.22. The number of benzene rings is 3. The molecule has 0 spiro atoms. The molecule has 5 nitrogen and oxygen atoms in total. The van der Waals surface area contributed by atoms with Crippen molar-refractivity contribution in [2.24, 2.45) is 0 Å². The highest BCUT2D eigenvalue weighted by Crippen LogP contribution is 2.42. The lowest BCUT2D eigenvalue weighted by Gasteiger charge is -2.34. The molecule has 1 atom stereocenters. The van der Waals surface area contributed by atoms with Gasteiger partial charge in [-0.15, -0.1) is 0 Å². The molecule has 0 aliphatic carbocycles. The second-order valence-corrected chi connectivity index (χ2v) is 9.05. The summed E-state index contributed by atoms with van der Waals surface area (Å²) in [7, 11) is 5.38. The number of hydrogen-bond acceptors (Lipinski definition) is 5. The third kappa shape index (κ3) is 6.03. The van der Waals surface area contributed by atoms with Gasteiger partial charge in [0.2, 0.25) is 0 Å². The van der Waals surface area contributed by atoms with Gasteiger partial charge in [-0.2, -0.15) is 0 Å². The Morgan fingerprint density at radius 3 is 2.32 bits per heavy atom. The minimum Gasteiger partial charge on any atom is -0.508 e. The van der Waals surface area contributed by atoms with E-state index in [-0.39, 0.29) is 12.4 Å². The van der Waals surface area contributed by atoms with Crippen LogP contribution in [0.3, 0.4) is 0 Å². The highest BCUT2D eigenvalue weighted by molar-refractivity contribution is 6.30. The van der Waals surface area contributed by atoms with E-state index in [1.165, 1.54) is 5.56 Å². The molecule has 0 aliphatic heterocycles. The van der Waals surface area contributed by atoms with Crippen LogP contribution >= 0.6 is 11.6 Å². The molecule has 0 radical (unpaired) electrons. The molecule has 3 rings (SSSR count). The molecule has 0 aliphatic rings. The van der Waals surface area contributed by atoms with E-state index in [0.717, 1.165) is 43.0 Å². The van der Waals surface area contributed by atoms with Gasteiger partial charge in [0.25, 0.3) is 0 Å². The molecule has 2 N–H and O–H groups in total. The summed E-state index contributed by atoms with van der Waals surface area (Å²) in [5, 5.41) is 21.8. The monoisotopic (exact) mass is 483 g/mol. The van der Waals surface area contributed by atoms with E-state index in [0.29, 0.717) is 17.0 Å². The lowest BCUT2D eigenvalue weighted by Crippen LogP contribution is -2.34. The number of nitrogens with zero attached hydrogens (tertiary/aromatic N) is 1. The number of aliphatic hydroxyl groups is 1. The van der Waals surface area contributed by atoms with E-state index in [9.17, 15) is 10.2 Å². The fraction of sp³-hybridized carbons (Fsp3) is 0.357. The Labute approximate surface area is 207 Å². The van der Waals surface area contributed by atoms with Crippen molar-refractivity contribution in [1.82, 2.24) is 4.90 Å². The molecule has 3 aromatic rings. The lowest BCUT2D eigenvalue weighted by atomic mass is 9.71. The zero-order valence-electron chi connectivity index (χ0n) is 20.1. The fourth-order valence-electron chi connectivity index (χ4n) is 4.46. The van der Waals surface area contributed by atoms with Crippen molar-refractivity contribution in [2.75, 3.05) is 41.0 Å². The third-order valence-electron chi connectivity index (χ3n) is 6.44. The summed E-state index contributed by atoms with van der Waals surface area (Å²) in [6.07, 6.45) is 2.39. The van der Waals surface area contributed by atoms with Crippen LogP contribution in [0.15, 0.2) is 66.7 Å². The number of likely N-dealkylation sites (N-methyl/N-ethyl adjacent to an activating group) is 1. The number of methoxy groups -OCH3 is 2. The largest absolute Gasteiger partial charge is 0.508 e. The van der Waals surface area contributed by atoms with Crippen molar-refractivity contribution in [3.63, 3.8) is 0 Å². The van der Waals surface area contributed by atoms with E-state index in [1.807, 2.05) is 42.5 Å². The van der Waals surface area contributed by atoms with E-state index in [2.05, 4.69) is 18.0 Å². The van der Waals surface area contributed by atoms with Crippen LogP contribution in [0.25, 0.3) is 0 Å². The predicted molar refractivity (Wildman–Crippen MR) is 137 cm³/mol. The molecule has 0 saturated carbocycles. The molecular weight excluding hydrogens is 450 g/mol. The standard InChI is InChI=1S/C28H34ClNO4/c1-30(17-14-21-10-13-26(33-2)27(18-21)34-3)16-7-15-28(20-31,22-8-5-4-6-9-22)24-19-23(29)11-12-25(24)32/h4-6,8-13,18-19,31-32H,7,14-17,20H2,1-3H3. The molecule has 182 valence electrons. The fourth-order valence-corrected chi connectivity index (χ4v) is 4.63. The molecule has 0 heterocycles. The van der Waals surface area contributed by atoms with Gasteiger partial charge in [0, 0.05) is 22.5 Å². The van der Waals surface area contributed by atoms with E-state index in [1.54, 1.807) is 32.4 Å². The van der Waals surface area contributed by atoms with Crippen molar-refractivity contribution < 1.29 is 19.7 Å². The van der Waals surface area contributed by atoms with Gasteiger partial charge in [-0.05, 0) is 74.3 Å². The topological polar surface area (TPSA) is 62.2 Å². The van der Waals surface area contributed by atoms with E-state index < -0.39 is 5.41 Å². The third-order valence-corrected chi connectivity index (χ3v) is 6.68. The number of aliphatic hydroxyl groups excluding tert-OH is 1. The maximum atomic E-state index is 10.7. The lowest BCUT2D eigenvalue weighted by molar-refractivity contribution is 0.199. The van der Waals surface area contributed by atoms with Crippen molar-refractivity contribution in [3.05, 3.63) is 88.4 Å². The molecule has 34 heavy (non-hydrogen) atoms. The molecule has 3 aromatic carbocycles. The maximum absolute atomic E-state index is 10.7. The van der Waals surface area contributed by atoms with Crippen molar-refractivity contribution in [2.45, 2.75) is 24.7 Å². The molecule has 0 bridgehead atoms. The first-order chi connectivity index (χ1) is 16.4. The summed E-state index contributed by atoms with van der Waals surface area (Å²) in [6, 6.07) is 20.9. The SMILES string of the molecule is COc1ccc(CCN(C)CCCC(CO)(c2ccccc2)c2cc(Cl)ccc2O)cc1OC. The van der Waals surface area contributed by atoms with Gasteiger partial charge in [-0.3, -0.25) is 0 Å². The molecule has 6 heteroatoms. The number of phenols is 1. The van der Waals surface area contributed by atoms with Gasteiger partial charge >= 0.3 is 0 Å². The molecule has 1 unspecified atom stereocenters. The zero-order chi connectivity index (χ0) is 24.6. The number of ether oxygens (including phenoxy) is 2. The van der Waals surface area contributed by atoms with Gasteiger partial charge in [-0.25, -0.2) is 0 Å². The highest BCUT2D eigenvalue weighted by Gasteiger charge is 2.35. The van der Waals surface area contributed by atoms with Gasteiger partial charge < -0.3 is 24.6 Å². The number of aromatic hydroxyl groups is 1. The van der Waals surface area contributed by atoms with Crippen molar-refractivity contribution in [1.29, 1.82) is 0 Å². The van der Waals surface area contributed by atoms with Crippen molar-refractivity contribution in [3.8, 4) is 17.2 Å². The van der Waals surface area contributed by atoms with Gasteiger partial charge in [0.1, 0.15) is 5.75 Å². The quantitative estimate of drug-likeness (QED) is 0.366. The Bertz CT molecular complexity index is 1060. The average Bonchev–Trinajstić information content (AvgIpc) is 2.87. The van der Waals surface area contributed by atoms with Gasteiger partial charge in [0.05, 0.1) is 20.8 Å². The molecule has 0 fully saturated rings. The molecule has 0 aromatic heterocycles. The van der Waals surface area contributed by atoms with Crippen molar-refractivity contribution >= 4 is 11.6 Å². The maximum Gasteiger partial charge on any atom is 0.160 e. The zero-order valence-corrected chi connectivity index (χ0v) is 20.9. The summed E-state index contributed by atoms with van der Waals surface area (Å²) in [5.41, 5.74) is 2.06. The first-order valence-corrected chi connectivity index (χ1v) is 11.9. The summed E-state index contributed by atoms with van der Waals surface area (Å²) in [6.45, 7) is 1.61. The van der Waals surface area contributed by atoms with E-state index in [4.69, 9.17) is 21.1 Å². The van der Waals surface area contributed by atoms with Crippen LogP contribution < -0.4 is 9.47 Å². The molecular formula is C28H34ClNO4. The molecule has 0 amide bonds. The number of halogens is 1. The van der Waals surface area contributed by atoms with E-state index >= 15 is 0 Å². The van der Waals surface area contributed by atoms with Crippen LogP contribution in [0.1, 0.15) is 29.5 Å². The number of hydrogen-bond donors (Lipinski definition) is 2. The Morgan fingerprint density at radius 2 is 1.65 bits per heavy atom. The Hall–Kier alpha value is -2.73. The number of rotatable bonds is 12. The van der Waals surface area contributed by atoms with Crippen LogP contribution in [-0.4, -0.2) is 56.1 Å². The Balaban J connectivity index is 1.69. The smallest absolute Gasteiger partial charge is 0.160 e. The average molecular weight is 484 g/mol. The van der Waals surface area contributed by atoms with Crippen LogP contribution in [0, 0.1) is 0 Å². The summed E-state index contributed by atoms with van der Waals surface area (Å²) >= 11 is 6.27. The minimum absolute atomic E-state index is 0.125. The van der Waals surface area contributed by atoms with Crippen LogP contribution in [0.5, 0.6) is 17.2 Å².